The number of hydrogen-bond acceptors (Lipinski definition) is 4. The van der Waals surface area contributed by atoms with Gasteiger partial charge in [-0.25, -0.2) is 17.9 Å². The summed E-state index contributed by atoms with van der Waals surface area (Å²) in [5.74, 6) is -1.41. The van der Waals surface area contributed by atoms with Gasteiger partial charge in [0.05, 0.1) is 0 Å². The average molecular weight is 363 g/mol. The first-order chi connectivity index (χ1) is 10.2. The number of primary sulfonamides is 1. The smallest absolute Gasteiger partial charge is 0.240 e. The summed E-state index contributed by atoms with van der Waals surface area (Å²) in [5.41, 5.74) is 0.400. The fourth-order valence-electron chi connectivity index (χ4n) is 1.99. The van der Waals surface area contributed by atoms with Crippen LogP contribution in [0.5, 0.6) is 0 Å². The minimum Gasteiger partial charge on any atom is -0.772 e. The van der Waals surface area contributed by atoms with Crippen molar-refractivity contribution in [2.24, 2.45) is 5.14 Å². The molecule has 1 atom stereocenters. The van der Waals surface area contributed by atoms with Crippen molar-refractivity contribution in [3.8, 4) is 11.1 Å². The Hall–Kier alpha value is -1.32. The maximum Gasteiger partial charge on any atom is 0.240 e. The fourth-order valence-corrected chi connectivity index (χ4v) is 3.30. The van der Waals surface area contributed by atoms with E-state index in [1.54, 1.807) is 0 Å². The van der Waals surface area contributed by atoms with Crippen molar-refractivity contribution in [1.82, 2.24) is 0 Å². The molecule has 5 nitrogen and oxygen atoms in total. The predicted molar refractivity (Wildman–Crippen MR) is 80.8 cm³/mol. The highest BCUT2D eigenvalue weighted by Crippen LogP contribution is 2.32. The van der Waals surface area contributed by atoms with E-state index in [-0.39, 0.29) is 21.9 Å². The van der Waals surface area contributed by atoms with Gasteiger partial charge in [-0.1, -0.05) is 40.9 Å². The van der Waals surface area contributed by atoms with Gasteiger partial charge >= 0.3 is 0 Å². The van der Waals surface area contributed by atoms with E-state index in [1.807, 2.05) is 0 Å². The van der Waals surface area contributed by atoms with Gasteiger partial charge < -0.3 is 4.55 Å². The molecule has 22 heavy (non-hydrogen) atoms. The van der Waals surface area contributed by atoms with Gasteiger partial charge in [-0.3, -0.25) is 4.21 Å². The van der Waals surface area contributed by atoms with Crippen molar-refractivity contribution in [2.45, 2.75) is 10.6 Å². The molecular formula is C13H10ClFNO4S2-. The van der Waals surface area contributed by atoms with E-state index in [1.165, 1.54) is 30.3 Å². The Kier molecular flexibility index (Phi) is 4.98. The van der Waals surface area contributed by atoms with Gasteiger partial charge in [0.15, 0.2) is 5.82 Å². The van der Waals surface area contributed by atoms with Crippen LogP contribution in [-0.4, -0.2) is 17.2 Å². The average Bonchev–Trinajstić information content (AvgIpc) is 2.39. The van der Waals surface area contributed by atoms with E-state index in [2.05, 4.69) is 0 Å². The Morgan fingerprint density at radius 2 is 1.91 bits per heavy atom. The Bertz CT molecular complexity index is 855. The molecule has 118 valence electrons. The molecule has 0 saturated carbocycles. The van der Waals surface area contributed by atoms with Crippen molar-refractivity contribution < 1.29 is 21.6 Å². The molecule has 0 bridgehead atoms. The largest absolute Gasteiger partial charge is 0.772 e. The molecule has 0 heterocycles. The van der Waals surface area contributed by atoms with Crippen LogP contribution in [0.2, 0.25) is 5.02 Å². The molecular weight excluding hydrogens is 353 g/mol. The molecule has 2 aromatic carbocycles. The van der Waals surface area contributed by atoms with Crippen molar-refractivity contribution in [2.75, 3.05) is 0 Å². The summed E-state index contributed by atoms with van der Waals surface area (Å²) in [6, 6.07) is 7.95. The first kappa shape index (κ1) is 17.0. The minimum atomic E-state index is -4.24. The van der Waals surface area contributed by atoms with E-state index >= 15 is 0 Å². The molecule has 0 aliphatic rings. The van der Waals surface area contributed by atoms with Gasteiger partial charge in [-0.15, -0.1) is 0 Å². The Balaban J connectivity index is 2.72. The second-order valence-electron chi connectivity index (χ2n) is 4.41. The first-order valence-corrected chi connectivity index (χ1v) is 9.03. The van der Waals surface area contributed by atoms with E-state index in [4.69, 9.17) is 16.7 Å². The summed E-state index contributed by atoms with van der Waals surface area (Å²) >= 11 is 3.47. The van der Waals surface area contributed by atoms with E-state index in [0.29, 0.717) is 5.56 Å². The standard InChI is InChI=1S/C13H11ClFNO4S2/c14-9-5-4-8(7-21(17)18)11(6-9)10-2-1-3-12(13(10)15)22(16,19)20/h1-6H,7H2,(H,17,18)(H2,16,19,20)/p-1. The number of rotatable bonds is 4. The lowest BCUT2D eigenvalue weighted by Crippen LogP contribution is -2.14. The molecule has 9 heteroatoms. The molecule has 2 N–H and O–H groups in total. The molecule has 2 rings (SSSR count). The predicted octanol–water partition coefficient (Wildman–Crippen LogP) is 2.17. The first-order valence-electron chi connectivity index (χ1n) is 5.86. The van der Waals surface area contributed by atoms with Crippen LogP contribution < -0.4 is 5.14 Å². The third-order valence-electron chi connectivity index (χ3n) is 2.91. The quantitative estimate of drug-likeness (QED) is 0.842. The summed E-state index contributed by atoms with van der Waals surface area (Å²) in [7, 11) is -4.24. The lowest BCUT2D eigenvalue weighted by Gasteiger charge is -2.14. The third-order valence-corrected chi connectivity index (χ3v) is 4.62. The molecule has 0 spiro atoms. The zero-order valence-electron chi connectivity index (χ0n) is 11.0. The number of sulfonamides is 1. The van der Waals surface area contributed by atoms with Gasteiger partial charge in [-0.2, -0.15) is 0 Å². The van der Waals surface area contributed by atoms with E-state index < -0.39 is 31.8 Å². The number of benzene rings is 2. The van der Waals surface area contributed by atoms with Crippen LogP contribution >= 0.6 is 11.6 Å². The lowest BCUT2D eigenvalue weighted by atomic mass is 10.00. The highest BCUT2D eigenvalue weighted by molar-refractivity contribution is 7.89. The van der Waals surface area contributed by atoms with Gasteiger partial charge in [0.25, 0.3) is 0 Å². The van der Waals surface area contributed by atoms with Crippen LogP contribution in [0.3, 0.4) is 0 Å². The van der Waals surface area contributed by atoms with Gasteiger partial charge in [0.2, 0.25) is 10.0 Å². The maximum absolute atomic E-state index is 14.4. The highest BCUT2D eigenvalue weighted by atomic mass is 35.5. The molecule has 1 unspecified atom stereocenters. The minimum absolute atomic E-state index is 0.0884. The molecule has 0 aliphatic carbocycles. The third kappa shape index (κ3) is 3.71. The van der Waals surface area contributed by atoms with Crippen molar-refractivity contribution >= 4 is 32.7 Å². The Labute approximate surface area is 134 Å². The van der Waals surface area contributed by atoms with Crippen molar-refractivity contribution in [3.05, 3.63) is 52.8 Å². The maximum atomic E-state index is 14.4. The van der Waals surface area contributed by atoms with E-state index in [9.17, 15) is 21.6 Å². The summed E-state index contributed by atoms with van der Waals surface area (Å²) in [6.07, 6.45) is 0. The number of halogens is 2. The summed E-state index contributed by atoms with van der Waals surface area (Å²) in [5, 5.41) is 5.22. The number of hydrogen-bond donors (Lipinski definition) is 1. The zero-order chi connectivity index (χ0) is 16.5. The Morgan fingerprint density at radius 1 is 1.23 bits per heavy atom. The monoisotopic (exact) mass is 362 g/mol. The second-order valence-corrected chi connectivity index (χ2v) is 7.27. The SMILES string of the molecule is NS(=O)(=O)c1cccc(-c2cc(Cl)ccc2CS(=O)[O-])c1F. The summed E-state index contributed by atoms with van der Waals surface area (Å²) in [6.45, 7) is 0. The zero-order valence-corrected chi connectivity index (χ0v) is 13.3. The second kappa shape index (κ2) is 6.43. The van der Waals surface area contributed by atoms with Gasteiger partial charge in [0, 0.05) is 16.3 Å². The molecule has 2 aromatic rings. The molecule has 0 radical (unpaired) electrons. The normalized spacial score (nSPS) is 13.1. The highest BCUT2D eigenvalue weighted by Gasteiger charge is 2.19. The number of nitrogens with two attached hydrogens (primary N) is 1. The van der Waals surface area contributed by atoms with Crippen molar-refractivity contribution in [3.63, 3.8) is 0 Å². The van der Waals surface area contributed by atoms with Crippen LogP contribution in [0.4, 0.5) is 4.39 Å². The molecule has 0 amide bonds. The van der Waals surface area contributed by atoms with Crippen LogP contribution in [0.15, 0.2) is 41.3 Å². The van der Waals surface area contributed by atoms with E-state index in [0.717, 1.165) is 6.07 Å². The van der Waals surface area contributed by atoms with Gasteiger partial charge in [0.1, 0.15) is 4.90 Å². The van der Waals surface area contributed by atoms with Crippen LogP contribution in [-0.2, 0) is 26.9 Å². The summed E-state index contributed by atoms with van der Waals surface area (Å²) < 4.78 is 59.0. The van der Waals surface area contributed by atoms with Crippen molar-refractivity contribution in [1.29, 1.82) is 0 Å². The topological polar surface area (TPSA) is 100 Å². The molecule has 0 saturated heterocycles. The van der Waals surface area contributed by atoms with Gasteiger partial charge in [-0.05, 0) is 29.3 Å². The molecule has 0 fully saturated rings. The Morgan fingerprint density at radius 3 is 2.50 bits per heavy atom. The summed E-state index contributed by atoms with van der Waals surface area (Å²) in [4.78, 5) is -0.667. The van der Waals surface area contributed by atoms with Crippen LogP contribution in [0, 0.1) is 5.82 Å². The fraction of sp³-hybridized carbons (Fsp3) is 0.0769. The van der Waals surface area contributed by atoms with Crippen LogP contribution in [0.25, 0.3) is 11.1 Å². The van der Waals surface area contributed by atoms with Crippen LogP contribution in [0.1, 0.15) is 5.56 Å². The molecule has 0 aromatic heterocycles. The lowest BCUT2D eigenvalue weighted by molar-refractivity contribution is 0.536. The molecule has 0 aliphatic heterocycles.